The van der Waals surface area contributed by atoms with Crippen molar-refractivity contribution in [2.24, 2.45) is 5.92 Å². The lowest BCUT2D eigenvalue weighted by Crippen LogP contribution is -2.50. The van der Waals surface area contributed by atoms with Gasteiger partial charge in [-0.05, 0) is 32.6 Å². The van der Waals surface area contributed by atoms with Crippen LogP contribution in [0, 0.1) is 5.92 Å². The van der Waals surface area contributed by atoms with E-state index in [1.54, 1.807) is 11.9 Å². The maximum Gasteiger partial charge on any atom is 0.242 e. The Morgan fingerprint density at radius 3 is 2.67 bits per heavy atom. The number of likely N-dealkylation sites (tertiary alicyclic amines) is 1. The van der Waals surface area contributed by atoms with E-state index in [4.69, 9.17) is 0 Å². The summed E-state index contributed by atoms with van der Waals surface area (Å²) in [4.78, 5) is 26.0. The molecular weight excluding hydrogens is 230 g/mol. The van der Waals surface area contributed by atoms with Gasteiger partial charge in [0, 0.05) is 26.2 Å². The van der Waals surface area contributed by atoms with Crippen LogP contribution in [0.2, 0.25) is 0 Å². The lowest BCUT2D eigenvalue weighted by Gasteiger charge is -2.32. The summed E-state index contributed by atoms with van der Waals surface area (Å²) >= 11 is 0. The van der Waals surface area contributed by atoms with Crippen LogP contribution in [0.5, 0.6) is 0 Å². The van der Waals surface area contributed by atoms with Crippen LogP contribution in [0.1, 0.15) is 32.6 Å². The Morgan fingerprint density at radius 2 is 2.06 bits per heavy atom. The zero-order valence-corrected chi connectivity index (χ0v) is 11.2. The predicted octanol–water partition coefficient (Wildman–Crippen LogP) is 0.112. The SMILES string of the molecule is CNC(=O)C1CCCN1C(=O)C1CCC(C)NC1. The van der Waals surface area contributed by atoms with Crippen LogP contribution in [0.4, 0.5) is 0 Å². The van der Waals surface area contributed by atoms with E-state index in [0.717, 1.165) is 38.8 Å². The maximum absolute atomic E-state index is 12.4. The summed E-state index contributed by atoms with van der Waals surface area (Å²) in [7, 11) is 1.63. The second kappa shape index (κ2) is 5.69. The van der Waals surface area contributed by atoms with Gasteiger partial charge in [0.2, 0.25) is 11.8 Å². The first-order valence-electron chi connectivity index (χ1n) is 6.89. The lowest BCUT2D eigenvalue weighted by molar-refractivity contribution is -0.142. The summed E-state index contributed by atoms with van der Waals surface area (Å²) in [6, 6.07) is 0.254. The van der Waals surface area contributed by atoms with E-state index < -0.39 is 0 Å². The molecule has 0 spiro atoms. The molecule has 0 radical (unpaired) electrons. The van der Waals surface area contributed by atoms with Gasteiger partial charge in [-0.15, -0.1) is 0 Å². The third kappa shape index (κ3) is 2.66. The molecule has 0 aliphatic carbocycles. The van der Waals surface area contributed by atoms with Gasteiger partial charge < -0.3 is 15.5 Å². The van der Waals surface area contributed by atoms with E-state index in [-0.39, 0.29) is 23.8 Å². The number of carbonyl (C=O) groups excluding carboxylic acids is 2. The molecule has 2 fully saturated rings. The van der Waals surface area contributed by atoms with Gasteiger partial charge in [0.15, 0.2) is 0 Å². The minimum absolute atomic E-state index is 0.0296. The molecule has 0 bridgehead atoms. The first-order chi connectivity index (χ1) is 8.63. The molecule has 5 heteroatoms. The number of hydrogen-bond donors (Lipinski definition) is 2. The van der Waals surface area contributed by atoms with Crippen LogP contribution in [0.3, 0.4) is 0 Å². The highest BCUT2D eigenvalue weighted by atomic mass is 16.2. The summed E-state index contributed by atoms with van der Waals surface area (Å²) in [5.41, 5.74) is 0. The summed E-state index contributed by atoms with van der Waals surface area (Å²) in [6.07, 6.45) is 3.70. The third-order valence-corrected chi connectivity index (χ3v) is 4.10. The molecule has 2 saturated heterocycles. The molecule has 18 heavy (non-hydrogen) atoms. The average molecular weight is 253 g/mol. The standard InChI is InChI=1S/C13H23N3O2/c1-9-5-6-10(8-15-9)13(18)16-7-3-4-11(16)12(17)14-2/h9-11,15H,3-8H2,1-2H3,(H,14,17). The van der Waals surface area contributed by atoms with Crippen LogP contribution in [0.25, 0.3) is 0 Å². The van der Waals surface area contributed by atoms with Crippen LogP contribution >= 0.6 is 0 Å². The largest absolute Gasteiger partial charge is 0.357 e. The minimum atomic E-state index is -0.248. The van der Waals surface area contributed by atoms with Crippen molar-refractivity contribution in [3.8, 4) is 0 Å². The zero-order chi connectivity index (χ0) is 13.1. The Kier molecular flexibility index (Phi) is 4.22. The van der Waals surface area contributed by atoms with Gasteiger partial charge in [-0.3, -0.25) is 9.59 Å². The van der Waals surface area contributed by atoms with Gasteiger partial charge >= 0.3 is 0 Å². The van der Waals surface area contributed by atoms with Gasteiger partial charge in [0.05, 0.1) is 5.92 Å². The highest BCUT2D eigenvalue weighted by Gasteiger charge is 2.37. The third-order valence-electron chi connectivity index (χ3n) is 4.10. The normalized spacial score (nSPS) is 32.3. The highest BCUT2D eigenvalue weighted by Crippen LogP contribution is 2.23. The molecule has 2 rings (SSSR count). The smallest absolute Gasteiger partial charge is 0.242 e. The molecule has 0 aromatic rings. The van der Waals surface area contributed by atoms with Gasteiger partial charge in [-0.2, -0.15) is 0 Å². The van der Waals surface area contributed by atoms with E-state index in [1.165, 1.54) is 0 Å². The molecule has 5 nitrogen and oxygen atoms in total. The van der Waals surface area contributed by atoms with Crippen LogP contribution in [-0.2, 0) is 9.59 Å². The molecule has 3 atom stereocenters. The first-order valence-corrected chi connectivity index (χ1v) is 6.89. The Labute approximate surface area is 108 Å². The maximum atomic E-state index is 12.4. The van der Waals surface area contributed by atoms with Crippen molar-refractivity contribution in [3.05, 3.63) is 0 Å². The number of carbonyl (C=O) groups is 2. The van der Waals surface area contributed by atoms with Crippen LogP contribution in [-0.4, -0.2) is 48.9 Å². The fraction of sp³-hybridized carbons (Fsp3) is 0.846. The number of hydrogen-bond acceptors (Lipinski definition) is 3. The van der Waals surface area contributed by atoms with Gasteiger partial charge in [0.25, 0.3) is 0 Å². The van der Waals surface area contributed by atoms with Crippen molar-refractivity contribution in [2.75, 3.05) is 20.1 Å². The zero-order valence-electron chi connectivity index (χ0n) is 11.2. The Morgan fingerprint density at radius 1 is 1.28 bits per heavy atom. The van der Waals surface area contributed by atoms with Crippen molar-refractivity contribution in [1.29, 1.82) is 0 Å². The summed E-state index contributed by atoms with van der Waals surface area (Å²) < 4.78 is 0. The van der Waals surface area contributed by atoms with E-state index in [2.05, 4.69) is 17.6 Å². The number of nitrogens with one attached hydrogen (secondary N) is 2. The number of piperidine rings is 1. The molecule has 102 valence electrons. The molecule has 2 aliphatic heterocycles. The first kappa shape index (κ1) is 13.3. The Balaban J connectivity index is 1.97. The fourth-order valence-corrected chi connectivity index (χ4v) is 2.91. The average Bonchev–Trinajstić information content (AvgIpc) is 2.87. The monoisotopic (exact) mass is 253 g/mol. The fourth-order valence-electron chi connectivity index (χ4n) is 2.91. The van der Waals surface area contributed by atoms with Gasteiger partial charge in [0.1, 0.15) is 6.04 Å². The number of nitrogens with zero attached hydrogens (tertiary/aromatic N) is 1. The molecule has 0 aromatic heterocycles. The summed E-state index contributed by atoms with van der Waals surface area (Å²) in [5, 5.41) is 6.00. The molecule has 2 amide bonds. The Hall–Kier alpha value is -1.10. The molecule has 0 aromatic carbocycles. The molecule has 2 aliphatic rings. The van der Waals surface area contributed by atoms with Crippen molar-refractivity contribution in [2.45, 2.75) is 44.7 Å². The highest BCUT2D eigenvalue weighted by molar-refractivity contribution is 5.89. The minimum Gasteiger partial charge on any atom is -0.357 e. The van der Waals surface area contributed by atoms with E-state index >= 15 is 0 Å². The van der Waals surface area contributed by atoms with E-state index in [0.29, 0.717) is 6.04 Å². The van der Waals surface area contributed by atoms with Crippen LogP contribution in [0.15, 0.2) is 0 Å². The van der Waals surface area contributed by atoms with Crippen molar-refractivity contribution in [3.63, 3.8) is 0 Å². The number of likely N-dealkylation sites (N-methyl/N-ethyl adjacent to an activating group) is 1. The van der Waals surface area contributed by atoms with Gasteiger partial charge in [-0.25, -0.2) is 0 Å². The molecular formula is C13H23N3O2. The second-order valence-corrected chi connectivity index (χ2v) is 5.39. The predicted molar refractivity (Wildman–Crippen MR) is 69.0 cm³/mol. The summed E-state index contributed by atoms with van der Waals surface area (Å²) in [5.74, 6) is 0.171. The Bertz CT molecular complexity index is 324. The summed E-state index contributed by atoms with van der Waals surface area (Å²) in [6.45, 7) is 3.61. The number of amides is 2. The van der Waals surface area contributed by atoms with E-state index in [1.807, 2.05) is 0 Å². The number of rotatable bonds is 2. The van der Waals surface area contributed by atoms with Crippen molar-refractivity contribution in [1.82, 2.24) is 15.5 Å². The quantitative estimate of drug-likeness (QED) is 0.734. The molecule has 2 N–H and O–H groups in total. The van der Waals surface area contributed by atoms with E-state index in [9.17, 15) is 9.59 Å². The van der Waals surface area contributed by atoms with Gasteiger partial charge in [-0.1, -0.05) is 0 Å². The van der Waals surface area contributed by atoms with Crippen molar-refractivity contribution >= 4 is 11.8 Å². The molecule has 0 saturated carbocycles. The topological polar surface area (TPSA) is 61.4 Å². The molecule has 2 heterocycles. The second-order valence-electron chi connectivity index (χ2n) is 5.39. The van der Waals surface area contributed by atoms with Crippen molar-refractivity contribution < 1.29 is 9.59 Å². The lowest BCUT2D eigenvalue weighted by atomic mass is 9.94. The van der Waals surface area contributed by atoms with Crippen LogP contribution < -0.4 is 10.6 Å². The molecule has 3 unspecified atom stereocenters.